The number of carboxylic acid groups (broad SMARTS) is 1. The zero-order valence-electron chi connectivity index (χ0n) is 9.76. The van der Waals surface area contributed by atoms with Gasteiger partial charge in [-0.25, -0.2) is 9.18 Å². The van der Waals surface area contributed by atoms with E-state index in [1.165, 1.54) is 12.1 Å². The van der Waals surface area contributed by atoms with Crippen molar-refractivity contribution >= 4 is 27.6 Å². The van der Waals surface area contributed by atoms with Crippen LogP contribution in [0.25, 0.3) is 0 Å². The molecule has 1 aromatic carbocycles. The molecule has 0 aliphatic heterocycles. The van der Waals surface area contributed by atoms with Crippen molar-refractivity contribution in [1.82, 2.24) is 0 Å². The molecule has 0 amide bonds. The second-order valence-electron chi connectivity index (χ2n) is 3.75. The van der Waals surface area contributed by atoms with Crippen molar-refractivity contribution in [2.75, 3.05) is 5.32 Å². The van der Waals surface area contributed by atoms with Crippen LogP contribution in [0, 0.1) is 5.82 Å². The van der Waals surface area contributed by atoms with Crippen molar-refractivity contribution in [3.63, 3.8) is 0 Å². The van der Waals surface area contributed by atoms with E-state index in [2.05, 4.69) is 21.2 Å². The van der Waals surface area contributed by atoms with Gasteiger partial charge in [0, 0.05) is 6.04 Å². The van der Waals surface area contributed by atoms with Gasteiger partial charge in [-0.2, -0.15) is 0 Å². The smallest absolute Gasteiger partial charge is 0.336 e. The van der Waals surface area contributed by atoms with E-state index < -0.39 is 11.8 Å². The van der Waals surface area contributed by atoms with Crippen LogP contribution in [0.5, 0.6) is 0 Å². The highest BCUT2D eigenvalue weighted by Crippen LogP contribution is 2.28. The van der Waals surface area contributed by atoms with Crippen LogP contribution in [0.15, 0.2) is 16.6 Å². The summed E-state index contributed by atoms with van der Waals surface area (Å²) in [5, 5.41) is 11.9. The standard InChI is InChI=1S/C12H15BrFNO2/c1-3-7(4-2)15-9-6-5-8(12(16)17)10(13)11(9)14/h5-7,15H,3-4H2,1-2H3,(H,16,17). The average Bonchev–Trinajstić information content (AvgIpc) is 2.30. The molecule has 0 radical (unpaired) electrons. The van der Waals surface area contributed by atoms with Crippen LogP contribution in [0.4, 0.5) is 10.1 Å². The molecule has 0 fully saturated rings. The van der Waals surface area contributed by atoms with Gasteiger partial charge in [0.25, 0.3) is 0 Å². The van der Waals surface area contributed by atoms with Gasteiger partial charge in [-0.3, -0.25) is 0 Å². The summed E-state index contributed by atoms with van der Waals surface area (Å²) in [5.74, 6) is -1.71. The van der Waals surface area contributed by atoms with E-state index in [-0.39, 0.29) is 16.1 Å². The largest absolute Gasteiger partial charge is 0.478 e. The van der Waals surface area contributed by atoms with Gasteiger partial charge < -0.3 is 10.4 Å². The van der Waals surface area contributed by atoms with Crippen molar-refractivity contribution in [1.29, 1.82) is 0 Å². The molecule has 0 atom stereocenters. The molecule has 1 rings (SSSR count). The SMILES string of the molecule is CCC(CC)Nc1ccc(C(=O)O)c(Br)c1F. The Bertz CT molecular complexity index is 419. The zero-order valence-corrected chi connectivity index (χ0v) is 11.3. The Hall–Kier alpha value is -1.10. The molecule has 3 nitrogen and oxygen atoms in total. The fourth-order valence-electron chi connectivity index (χ4n) is 1.54. The van der Waals surface area contributed by atoms with Gasteiger partial charge in [-0.05, 0) is 40.9 Å². The van der Waals surface area contributed by atoms with Crippen LogP contribution >= 0.6 is 15.9 Å². The molecular formula is C12H15BrFNO2. The lowest BCUT2D eigenvalue weighted by atomic mass is 10.1. The number of hydrogen-bond acceptors (Lipinski definition) is 2. The minimum absolute atomic E-state index is 0.0130. The molecule has 94 valence electrons. The monoisotopic (exact) mass is 303 g/mol. The summed E-state index contributed by atoms with van der Waals surface area (Å²) in [7, 11) is 0. The van der Waals surface area contributed by atoms with Gasteiger partial charge in [0.2, 0.25) is 0 Å². The van der Waals surface area contributed by atoms with E-state index in [1.807, 2.05) is 13.8 Å². The molecule has 0 bridgehead atoms. The maximum absolute atomic E-state index is 13.9. The molecule has 0 heterocycles. The fraction of sp³-hybridized carbons (Fsp3) is 0.417. The topological polar surface area (TPSA) is 49.3 Å². The number of nitrogens with one attached hydrogen (secondary N) is 1. The molecule has 2 N–H and O–H groups in total. The summed E-state index contributed by atoms with van der Waals surface area (Å²) in [5.41, 5.74) is 0.258. The Kier molecular flexibility index (Phi) is 4.93. The predicted octanol–water partition coefficient (Wildman–Crippen LogP) is 3.89. The minimum atomic E-state index is -1.15. The number of benzene rings is 1. The van der Waals surface area contributed by atoms with Crippen molar-refractivity contribution in [2.45, 2.75) is 32.7 Å². The molecule has 0 unspecified atom stereocenters. The number of hydrogen-bond donors (Lipinski definition) is 2. The first-order valence-corrected chi connectivity index (χ1v) is 6.28. The van der Waals surface area contributed by atoms with Crippen LogP contribution in [0.1, 0.15) is 37.0 Å². The lowest BCUT2D eigenvalue weighted by Gasteiger charge is -2.17. The maximum atomic E-state index is 13.9. The number of rotatable bonds is 5. The van der Waals surface area contributed by atoms with Gasteiger partial charge in [0.15, 0.2) is 5.82 Å². The third kappa shape index (κ3) is 3.19. The second-order valence-corrected chi connectivity index (χ2v) is 4.54. The highest BCUT2D eigenvalue weighted by atomic mass is 79.9. The summed E-state index contributed by atoms with van der Waals surface area (Å²) in [6.07, 6.45) is 1.77. The van der Waals surface area contributed by atoms with Crippen LogP contribution < -0.4 is 5.32 Å². The van der Waals surface area contributed by atoms with Crippen molar-refractivity contribution in [2.24, 2.45) is 0 Å². The first-order valence-electron chi connectivity index (χ1n) is 5.49. The van der Waals surface area contributed by atoms with E-state index in [0.29, 0.717) is 5.69 Å². The summed E-state index contributed by atoms with van der Waals surface area (Å²) in [6.45, 7) is 4.03. The highest BCUT2D eigenvalue weighted by Gasteiger charge is 2.16. The third-order valence-corrected chi connectivity index (χ3v) is 3.43. The Morgan fingerprint density at radius 3 is 2.53 bits per heavy atom. The Balaban J connectivity index is 3.04. The Labute approximate surface area is 108 Å². The third-order valence-electron chi connectivity index (χ3n) is 2.66. The van der Waals surface area contributed by atoms with Gasteiger partial charge in [0.05, 0.1) is 15.7 Å². The van der Waals surface area contributed by atoms with Crippen LogP contribution in [0.3, 0.4) is 0 Å². The van der Waals surface area contributed by atoms with Gasteiger partial charge in [0.1, 0.15) is 0 Å². The number of carboxylic acids is 1. The number of halogens is 2. The van der Waals surface area contributed by atoms with Crippen molar-refractivity contribution in [3.8, 4) is 0 Å². The van der Waals surface area contributed by atoms with Gasteiger partial charge in [-0.15, -0.1) is 0 Å². The summed E-state index contributed by atoms with van der Waals surface area (Å²) >= 11 is 2.97. The highest BCUT2D eigenvalue weighted by molar-refractivity contribution is 9.10. The molecule has 5 heteroatoms. The first kappa shape index (κ1) is 14.0. The predicted molar refractivity (Wildman–Crippen MR) is 69.1 cm³/mol. The van der Waals surface area contributed by atoms with Crippen LogP contribution in [0.2, 0.25) is 0 Å². The fourth-order valence-corrected chi connectivity index (χ4v) is 2.05. The van der Waals surface area contributed by atoms with Crippen LogP contribution in [-0.2, 0) is 0 Å². The Morgan fingerprint density at radius 2 is 2.06 bits per heavy atom. The maximum Gasteiger partial charge on any atom is 0.336 e. The van der Waals surface area contributed by atoms with E-state index in [1.54, 1.807) is 0 Å². The Morgan fingerprint density at radius 1 is 1.47 bits per heavy atom. The van der Waals surface area contributed by atoms with Crippen molar-refractivity contribution in [3.05, 3.63) is 28.0 Å². The number of carbonyl (C=O) groups is 1. The summed E-state index contributed by atoms with van der Waals surface area (Å²) < 4.78 is 13.9. The summed E-state index contributed by atoms with van der Waals surface area (Å²) in [6, 6.07) is 3.04. The quantitative estimate of drug-likeness (QED) is 0.867. The molecule has 0 spiro atoms. The second kappa shape index (κ2) is 6.00. The van der Waals surface area contributed by atoms with Crippen LogP contribution in [-0.4, -0.2) is 17.1 Å². The van der Waals surface area contributed by atoms with E-state index in [9.17, 15) is 9.18 Å². The van der Waals surface area contributed by atoms with Gasteiger partial charge in [-0.1, -0.05) is 13.8 Å². The first-order chi connectivity index (χ1) is 8.01. The van der Waals surface area contributed by atoms with Gasteiger partial charge >= 0.3 is 5.97 Å². The lowest BCUT2D eigenvalue weighted by Crippen LogP contribution is -2.18. The number of aromatic carboxylic acids is 1. The molecule has 0 aliphatic rings. The molecule has 17 heavy (non-hydrogen) atoms. The molecule has 1 aromatic rings. The zero-order chi connectivity index (χ0) is 13.0. The molecule has 0 aromatic heterocycles. The average molecular weight is 304 g/mol. The van der Waals surface area contributed by atoms with E-state index in [0.717, 1.165) is 12.8 Å². The molecular weight excluding hydrogens is 289 g/mol. The van der Waals surface area contributed by atoms with Crippen molar-refractivity contribution < 1.29 is 14.3 Å². The van der Waals surface area contributed by atoms with E-state index in [4.69, 9.17) is 5.11 Å². The summed E-state index contributed by atoms with van der Waals surface area (Å²) in [4.78, 5) is 10.8. The minimum Gasteiger partial charge on any atom is -0.478 e. The molecule has 0 aliphatic carbocycles. The normalized spacial score (nSPS) is 10.6. The lowest BCUT2D eigenvalue weighted by molar-refractivity contribution is 0.0695. The molecule has 0 saturated carbocycles. The number of anilines is 1. The molecule has 0 saturated heterocycles. The van der Waals surface area contributed by atoms with E-state index >= 15 is 0 Å².